The Morgan fingerprint density at radius 2 is 1.84 bits per heavy atom. The highest BCUT2D eigenvalue weighted by Crippen LogP contribution is 2.42. The topological polar surface area (TPSA) is 74.6 Å². The molecule has 5 heteroatoms. The first kappa shape index (κ1) is 14.1. The molecule has 1 aliphatic rings. The number of benzene rings is 1. The minimum Gasteiger partial charge on any atom is -0.507 e. The second kappa shape index (κ2) is 5.35. The standard InChI is InChI=1S/C14H18O4S/c1-2-10-8-9-12(19(16,17)18)13(14(10)15)11-6-4-3-5-7-11/h2,8-9,11,15H,1,3-7H2,(H,16,17,18). The number of aromatic hydroxyl groups is 1. The molecule has 0 radical (unpaired) electrons. The molecule has 1 aliphatic carbocycles. The summed E-state index contributed by atoms with van der Waals surface area (Å²) in [6.07, 6.45) is 6.28. The van der Waals surface area contributed by atoms with Crippen LogP contribution in [0.15, 0.2) is 23.6 Å². The van der Waals surface area contributed by atoms with Gasteiger partial charge in [0.25, 0.3) is 10.1 Å². The Bertz CT molecular complexity index is 584. The van der Waals surface area contributed by atoms with Crippen LogP contribution in [-0.4, -0.2) is 18.1 Å². The average molecular weight is 282 g/mol. The second-order valence-corrected chi connectivity index (χ2v) is 6.32. The normalized spacial score (nSPS) is 17.3. The van der Waals surface area contributed by atoms with Crippen LogP contribution in [0.1, 0.15) is 49.1 Å². The third-order valence-electron chi connectivity index (χ3n) is 3.72. The van der Waals surface area contributed by atoms with Gasteiger partial charge in [-0.25, -0.2) is 0 Å². The number of hydrogen-bond acceptors (Lipinski definition) is 3. The van der Waals surface area contributed by atoms with Crippen molar-refractivity contribution in [1.82, 2.24) is 0 Å². The fourth-order valence-electron chi connectivity index (χ4n) is 2.78. The van der Waals surface area contributed by atoms with Crippen molar-refractivity contribution in [2.24, 2.45) is 0 Å². The maximum Gasteiger partial charge on any atom is 0.294 e. The Balaban J connectivity index is 2.62. The van der Waals surface area contributed by atoms with Gasteiger partial charge in [0.15, 0.2) is 0 Å². The fraction of sp³-hybridized carbons (Fsp3) is 0.429. The van der Waals surface area contributed by atoms with Crippen LogP contribution in [0, 0.1) is 0 Å². The number of rotatable bonds is 3. The van der Waals surface area contributed by atoms with E-state index in [9.17, 15) is 18.1 Å². The quantitative estimate of drug-likeness (QED) is 0.834. The Kier molecular flexibility index (Phi) is 3.96. The molecule has 1 fully saturated rings. The summed E-state index contributed by atoms with van der Waals surface area (Å²) in [5.74, 6) is -0.0948. The van der Waals surface area contributed by atoms with Gasteiger partial charge < -0.3 is 5.11 Å². The fourth-order valence-corrected chi connectivity index (χ4v) is 3.56. The van der Waals surface area contributed by atoms with Crippen LogP contribution < -0.4 is 0 Å². The number of phenolic OH excluding ortho intramolecular Hbond substituents is 1. The molecule has 0 saturated heterocycles. The highest BCUT2D eigenvalue weighted by molar-refractivity contribution is 7.85. The van der Waals surface area contributed by atoms with Crippen molar-refractivity contribution in [3.8, 4) is 5.75 Å². The lowest BCUT2D eigenvalue weighted by atomic mass is 9.83. The van der Waals surface area contributed by atoms with Gasteiger partial charge in [0.05, 0.1) is 0 Å². The zero-order valence-corrected chi connectivity index (χ0v) is 11.5. The molecule has 0 heterocycles. The van der Waals surface area contributed by atoms with Crippen molar-refractivity contribution in [2.45, 2.75) is 42.9 Å². The van der Waals surface area contributed by atoms with Gasteiger partial charge in [-0.1, -0.05) is 31.9 Å². The van der Waals surface area contributed by atoms with Gasteiger partial charge in [-0.2, -0.15) is 8.42 Å². The summed E-state index contributed by atoms with van der Waals surface area (Å²) < 4.78 is 32.3. The smallest absolute Gasteiger partial charge is 0.294 e. The molecular formula is C14H18O4S. The third-order valence-corrected chi connectivity index (χ3v) is 4.63. The molecule has 0 amide bonds. The maximum atomic E-state index is 11.5. The van der Waals surface area contributed by atoms with E-state index >= 15 is 0 Å². The summed E-state index contributed by atoms with van der Waals surface area (Å²) >= 11 is 0. The molecule has 1 aromatic rings. The molecule has 0 bridgehead atoms. The average Bonchev–Trinajstić information content (AvgIpc) is 2.38. The van der Waals surface area contributed by atoms with E-state index in [1.165, 1.54) is 18.2 Å². The Morgan fingerprint density at radius 3 is 2.37 bits per heavy atom. The molecular weight excluding hydrogens is 264 g/mol. The molecule has 2 rings (SSSR count). The lowest BCUT2D eigenvalue weighted by Crippen LogP contribution is -2.11. The van der Waals surface area contributed by atoms with Crippen molar-refractivity contribution in [3.63, 3.8) is 0 Å². The molecule has 19 heavy (non-hydrogen) atoms. The first-order chi connectivity index (χ1) is 8.95. The molecule has 0 aliphatic heterocycles. The molecule has 1 aromatic carbocycles. The summed E-state index contributed by atoms with van der Waals surface area (Å²) in [6, 6.07) is 2.80. The first-order valence-corrected chi connectivity index (χ1v) is 7.85. The SMILES string of the molecule is C=Cc1ccc(S(=O)(=O)O)c(C2CCCCC2)c1O. The molecule has 0 aromatic heterocycles. The van der Waals surface area contributed by atoms with E-state index in [-0.39, 0.29) is 16.6 Å². The van der Waals surface area contributed by atoms with E-state index < -0.39 is 10.1 Å². The van der Waals surface area contributed by atoms with Crippen LogP contribution in [0.3, 0.4) is 0 Å². The Morgan fingerprint density at radius 1 is 1.21 bits per heavy atom. The monoisotopic (exact) mass is 282 g/mol. The van der Waals surface area contributed by atoms with Crippen LogP contribution >= 0.6 is 0 Å². The van der Waals surface area contributed by atoms with Crippen LogP contribution in [0.5, 0.6) is 5.75 Å². The van der Waals surface area contributed by atoms with Crippen LogP contribution in [-0.2, 0) is 10.1 Å². The largest absolute Gasteiger partial charge is 0.507 e. The van der Waals surface area contributed by atoms with Crippen LogP contribution in [0.25, 0.3) is 6.08 Å². The highest BCUT2D eigenvalue weighted by atomic mass is 32.2. The van der Waals surface area contributed by atoms with Gasteiger partial charge in [0.1, 0.15) is 10.6 Å². The summed E-state index contributed by atoms with van der Waals surface area (Å²) in [6.45, 7) is 3.60. The van der Waals surface area contributed by atoms with E-state index in [0.29, 0.717) is 11.1 Å². The molecule has 0 spiro atoms. The van der Waals surface area contributed by atoms with Crippen molar-refractivity contribution in [3.05, 3.63) is 29.8 Å². The third kappa shape index (κ3) is 2.82. The minimum absolute atomic E-state index is 0.0226. The van der Waals surface area contributed by atoms with Gasteiger partial charge in [-0.05, 0) is 30.9 Å². The van der Waals surface area contributed by atoms with Crippen molar-refractivity contribution >= 4 is 16.2 Å². The first-order valence-electron chi connectivity index (χ1n) is 6.41. The van der Waals surface area contributed by atoms with Gasteiger partial charge in [0.2, 0.25) is 0 Å². The molecule has 2 N–H and O–H groups in total. The van der Waals surface area contributed by atoms with Crippen LogP contribution in [0.4, 0.5) is 0 Å². The predicted octanol–water partition coefficient (Wildman–Crippen LogP) is 3.33. The summed E-state index contributed by atoms with van der Waals surface area (Å²) in [5.41, 5.74) is 0.840. The molecule has 4 nitrogen and oxygen atoms in total. The van der Waals surface area contributed by atoms with E-state index in [1.54, 1.807) is 0 Å². The van der Waals surface area contributed by atoms with E-state index in [1.807, 2.05) is 0 Å². The summed E-state index contributed by atoms with van der Waals surface area (Å²) in [7, 11) is -4.32. The van der Waals surface area contributed by atoms with E-state index in [2.05, 4.69) is 6.58 Å². The van der Waals surface area contributed by atoms with Crippen LogP contribution in [0.2, 0.25) is 0 Å². The Labute approximate surface area is 113 Å². The molecule has 1 saturated carbocycles. The molecule has 104 valence electrons. The highest BCUT2D eigenvalue weighted by Gasteiger charge is 2.27. The van der Waals surface area contributed by atoms with Crippen molar-refractivity contribution < 1.29 is 18.1 Å². The van der Waals surface area contributed by atoms with Gasteiger partial charge >= 0.3 is 0 Å². The minimum atomic E-state index is -4.32. The van der Waals surface area contributed by atoms with E-state index in [0.717, 1.165) is 32.1 Å². The summed E-state index contributed by atoms with van der Waals surface area (Å²) in [5, 5.41) is 10.2. The molecule has 0 unspecified atom stereocenters. The number of phenols is 1. The second-order valence-electron chi connectivity index (χ2n) is 4.93. The zero-order valence-electron chi connectivity index (χ0n) is 10.7. The van der Waals surface area contributed by atoms with Crippen molar-refractivity contribution in [2.75, 3.05) is 0 Å². The zero-order chi connectivity index (χ0) is 14.0. The van der Waals surface area contributed by atoms with E-state index in [4.69, 9.17) is 0 Å². The maximum absolute atomic E-state index is 11.5. The molecule has 0 atom stereocenters. The summed E-state index contributed by atoms with van der Waals surface area (Å²) in [4.78, 5) is -0.178. The number of hydrogen-bond donors (Lipinski definition) is 2. The van der Waals surface area contributed by atoms with Crippen molar-refractivity contribution in [1.29, 1.82) is 0 Å². The lowest BCUT2D eigenvalue weighted by Gasteiger charge is -2.25. The van der Waals surface area contributed by atoms with Gasteiger partial charge in [-0.15, -0.1) is 0 Å². The Hall–Kier alpha value is -1.33. The van der Waals surface area contributed by atoms with Gasteiger partial charge in [0, 0.05) is 11.1 Å². The van der Waals surface area contributed by atoms with Gasteiger partial charge in [-0.3, -0.25) is 4.55 Å². The lowest BCUT2D eigenvalue weighted by molar-refractivity contribution is 0.404. The predicted molar refractivity (Wildman–Crippen MR) is 73.8 cm³/mol.